The van der Waals surface area contributed by atoms with Gasteiger partial charge in [0.05, 0.1) is 17.9 Å². The van der Waals surface area contributed by atoms with Crippen LogP contribution < -0.4 is 0 Å². The number of rotatable bonds is 11. The molecule has 0 spiro atoms. The van der Waals surface area contributed by atoms with Gasteiger partial charge in [0.2, 0.25) is 0 Å². The molecule has 10 heteroatoms. The molecule has 180 valence electrons. The first kappa shape index (κ1) is 24.9. The topological polar surface area (TPSA) is 76.7 Å². The highest BCUT2D eigenvalue weighted by molar-refractivity contribution is 6.03. The molecule has 3 rings (SSSR count). The lowest BCUT2D eigenvalue weighted by atomic mass is 9.95. The van der Waals surface area contributed by atoms with E-state index in [2.05, 4.69) is 10.1 Å². The van der Waals surface area contributed by atoms with Crippen molar-refractivity contribution in [1.29, 1.82) is 0 Å². The van der Waals surface area contributed by atoms with Crippen LogP contribution in [0.15, 0.2) is 72.4 Å². The molecule has 0 bridgehead atoms. The first-order valence-corrected chi connectivity index (χ1v) is 10.5. The zero-order valence-corrected chi connectivity index (χ0v) is 18.1. The number of hydrogen-bond acceptors (Lipinski definition) is 4. The van der Waals surface area contributed by atoms with Crippen LogP contribution >= 0.6 is 0 Å². The molecule has 6 nitrogen and oxygen atoms in total. The lowest BCUT2D eigenvalue weighted by Crippen LogP contribution is -2.23. The van der Waals surface area contributed by atoms with Gasteiger partial charge in [0.1, 0.15) is 18.1 Å². The third kappa shape index (κ3) is 7.16. The van der Waals surface area contributed by atoms with Crippen molar-refractivity contribution in [3.8, 4) is 0 Å². The van der Waals surface area contributed by atoms with Gasteiger partial charge in [-0.15, -0.1) is 0 Å². The second kappa shape index (κ2) is 11.4. The number of carboxylic acid groups (broad SMARTS) is 1. The number of aromatic nitrogens is 2. The van der Waals surface area contributed by atoms with Gasteiger partial charge in [0, 0.05) is 24.4 Å². The Morgan fingerprint density at radius 1 is 1.15 bits per heavy atom. The molecule has 0 amide bonds. The third-order valence-electron chi connectivity index (χ3n) is 5.07. The van der Waals surface area contributed by atoms with Gasteiger partial charge in [0.25, 0.3) is 0 Å². The molecule has 0 aliphatic rings. The number of halogens is 4. The predicted molar refractivity (Wildman–Crippen MR) is 117 cm³/mol. The van der Waals surface area contributed by atoms with Gasteiger partial charge < -0.3 is 14.5 Å². The monoisotopic (exact) mass is 477 g/mol. The lowest BCUT2D eigenvalue weighted by molar-refractivity contribution is -0.138. The number of alkyl halides is 3. The first-order valence-electron chi connectivity index (χ1n) is 10.5. The van der Waals surface area contributed by atoms with Crippen LogP contribution in [0.1, 0.15) is 42.0 Å². The number of aliphatic carboxylic acids is 1. The fraction of sp³-hybridized carbons (Fsp3) is 0.292. The van der Waals surface area contributed by atoms with Gasteiger partial charge in [-0.2, -0.15) is 13.2 Å². The molecular weight excluding hydrogens is 454 g/mol. The van der Waals surface area contributed by atoms with Gasteiger partial charge in [-0.25, -0.2) is 9.37 Å². The summed E-state index contributed by atoms with van der Waals surface area (Å²) in [6.07, 6.45) is 1.23. The molecule has 0 fully saturated rings. The van der Waals surface area contributed by atoms with E-state index in [0.717, 1.165) is 17.7 Å². The molecule has 1 N–H and O–H groups in total. The zero-order valence-electron chi connectivity index (χ0n) is 18.1. The maximum Gasteiger partial charge on any atom is 0.416 e. The molecule has 0 saturated heterocycles. The van der Waals surface area contributed by atoms with Crippen LogP contribution in [0.4, 0.5) is 17.6 Å². The second-order valence-electron chi connectivity index (χ2n) is 7.60. The normalized spacial score (nSPS) is 13.0. The van der Waals surface area contributed by atoms with Crippen molar-refractivity contribution in [1.82, 2.24) is 9.55 Å². The number of carbonyl (C=O) groups is 1. The maximum absolute atomic E-state index is 13.4. The van der Waals surface area contributed by atoms with E-state index >= 15 is 0 Å². The van der Waals surface area contributed by atoms with Crippen LogP contribution in [0.25, 0.3) is 0 Å². The highest BCUT2D eigenvalue weighted by Crippen LogP contribution is 2.31. The van der Waals surface area contributed by atoms with Crippen LogP contribution in [0, 0.1) is 5.82 Å². The largest absolute Gasteiger partial charge is 0.481 e. The van der Waals surface area contributed by atoms with E-state index in [1.165, 1.54) is 36.8 Å². The van der Waals surface area contributed by atoms with Crippen molar-refractivity contribution >= 4 is 11.7 Å². The Morgan fingerprint density at radius 2 is 1.91 bits per heavy atom. The minimum absolute atomic E-state index is 0.0181. The van der Waals surface area contributed by atoms with Crippen molar-refractivity contribution < 1.29 is 32.3 Å². The summed E-state index contributed by atoms with van der Waals surface area (Å²) in [5.74, 6) is -1.33. The smallest absolute Gasteiger partial charge is 0.416 e. The Morgan fingerprint density at radius 3 is 2.56 bits per heavy atom. The number of hydrogen-bond donors (Lipinski definition) is 1. The van der Waals surface area contributed by atoms with Crippen LogP contribution in [0.2, 0.25) is 0 Å². The number of imidazole rings is 1. The van der Waals surface area contributed by atoms with Crippen molar-refractivity contribution in [2.75, 3.05) is 6.61 Å². The number of nitrogens with zero attached hydrogens (tertiary/aromatic N) is 3. The molecule has 0 saturated carbocycles. The molecule has 1 heterocycles. The summed E-state index contributed by atoms with van der Waals surface area (Å²) < 4.78 is 55.2. The Kier molecular flexibility index (Phi) is 8.39. The van der Waals surface area contributed by atoms with E-state index in [4.69, 9.17) is 9.94 Å². The van der Waals surface area contributed by atoms with Crippen LogP contribution in [0.3, 0.4) is 0 Å². The van der Waals surface area contributed by atoms with Crippen LogP contribution in [-0.4, -0.2) is 32.9 Å². The number of unbranched alkanes of at least 4 members (excludes halogenated alkanes) is 1. The van der Waals surface area contributed by atoms with Gasteiger partial charge in [0.15, 0.2) is 0 Å². The van der Waals surface area contributed by atoms with Crippen LogP contribution in [-0.2, 0) is 22.2 Å². The minimum Gasteiger partial charge on any atom is -0.481 e. The fourth-order valence-corrected chi connectivity index (χ4v) is 3.36. The summed E-state index contributed by atoms with van der Waals surface area (Å²) in [6.45, 7) is 0.100. The van der Waals surface area contributed by atoms with E-state index in [9.17, 15) is 22.4 Å². The first-order chi connectivity index (χ1) is 16.2. The quantitative estimate of drug-likeness (QED) is 0.171. The Hall–Kier alpha value is -3.69. The minimum atomic E-state index is -4.54. The van der Waals surface area contributed by atoms with Crippen molar-refractivity contribution in [2.45, 2.75) is 37.9 Å². The van der Waals surface area contributed by atoms with E-state index in [1.54, 1.807) is 22.9 Å². The molecule has 2 aromatic carbocycles. The zero-order chi connectivity index (χ0) is 24.6. The molecule has 0 aliphatic heterocycles. The van der Waals surface area contributed by atoms with Crippen molar-refractivity contribution in [2.24, 2.45) is 5.16 Å². The summed E-state index contributed by atoms with van der Waals surface area (Å²) in [4.78, 5) is 20.1. The summed E-state index contributed by atoms with van der Waals surface area (Å²) in [5.41, 5.74) is 0.347. The highest BCUT2D eigenvalue weighted by atomic mass is 19.4. The second-order valence-corrected chi connectivity index (χ2v) is 7.60. The average Bonchev–Trinajstić information content (AvgIpc) is 3.33. The molecule has 1 aromatic heterocycles. The van der Waals surface area contributed by atoms with Gasteiger partial charge in [-0.3, -0.25) is 4.79 Å². The molecule has 0 aliphatic carbocycles. The predicted octanol–water partition coefficient (Wildman–Crippen LogP) is 5.50. The average molecular weight is 477 g/mol. The molecule has 34 heavy (non-hydrogen) atoms. The molecule has 1 atom stereocenters. The molecule has 0 radical (unpaired) electrons. The maximum atomic E-state index is 13.4. The van der Waals surface area contributed by atoms with E-state index in [0.29, 0.717) is 12.8 Å². The van der Waals surface area contributed by atoms with Crippen molar-refractivity contribution in [3.63, 3.8) is 0 Å². The number of carboxylic acids is 1. The third-order valence-corrected chi connectivity index (χ3v) is 5.07. The standard InChI is InChI=1S/C24H23F4N3O3/c25-20-9-7-17(8-10-20)14-21(31-12-11-29-16-31)23(30-34-13-2-1-6-22(32)33)18-4-3-5-19(15-18)24(26,27)28/h3-5,7-12,15-16,21H,1-2,6,13-14H2,(H,32,33). The van der Waals surface area contributed by atoms with Gasteiger partial charge >= 0.3 is 12.1 Å². The highest BCUT2D eigenvalue weighted by Gasteiger charge is 2.31. The SMILES string of the molecule is O=C(O)CCCCON=C(c1cccc(C(F)(F)F)c1)C(Cc1ccc(F)cc1)n1ccnc1. The fourth-order valence-electron chi connectivity index (χ4n) is 3.36. The van der Waals surface area contributed by atoms with E-state index < -0.39 is 29.6 Å². The lowest BCUT2D eigenvalue weighted by Gasteiger charge is -2.22. The van der Waals surface area contributed by atoms with Crippen molar-refractivity contribution in [3.05, 3.63) is 89.8 Å². The van der Waals surface area contributed by atoms with E-state index in [-0.39, 0.29) is 30.7 Å². The molecule has 1 unspecified atom stereocenters. The Balaban J connectivity index is 1.95. The Labute approximate surface area is 193 Å². The summed E-state index contributed by atoms with van der Waals surface area (Å²) >= 11 is 0. The Bertz CT molecular complexity index is 1100. The van der Waals surface area contributed by atoms with Gasteiger partial charge in [-0.05, 0) is 49.1 Å². The summed E-state index contributed by atoms with van der Waals surface area (Å²) in [5, 5.41) is 12.9. The van der Waals surface area contributed by atoms with Gasteiger partial charge in [-0.1, -0.05) is 29.4 Å². The number of oxime groups is 1. The summed E-state index contributed by atoms with van der Waals surface area (Å²) in [7, 11) is 0. The molecular formula is C24H23F4N3O3. The number of benzene rings is 2. The van der Waals surface area contributed by atoms with Crippen LogP contribution in [0.5, 0.6) is 0 Å². The van der Waals surface area contributed by atoms with E-state index in [1.807, 2.05) is 0 Å². The summed E-state index contributed by atoms with van der Waals surface area (Å²) in [6, 6.07) is 9.98. The molecule has 3 aromatic rings.